The van der Waals surface area contributed by atoms with Gasteiger partial charge in [0, 0.05) is 18.4 Å². The molecule has 1 saturated carbocycles. The van der Waals surface area contributed by atoms with Crippen LogP contribution >= 0.6 is 11.8 Å². The Hall–Kier alpha value is -0.970. The number of thioether (sulfide) groups is 1. The first kappa shape index (κ1) is 13.0. The minimum atomic E-state index is 0.499. The van der Waals surface area contributed by atoms with E-state index in [-0.39, 0.29) is 0 Å². The Morgan fingerprint density at radius 1 is 1.37 bits per heavy atom. The Balaban J connectivity index is 1.53. The highest BCUT2D eigenvalue weighted by molar-refractivity contribution is 8.13. The van der Waals surface area contributed by atoms with Gasteiger partial charge in [-0.25, -0.2) is 0 Å². The van der Waals surface area contributed by atoms with Crippen molar-refractivity contribution in [1.82, 2.24) is 10.5 Å². The fourth-order valence-corrected chi connectivity index (χ4v) is 4.08. The Morgan fingerprint density at radius 2 is 2.21 bits per heavy atom. The van der Waals surface area contributed by atoms with Crippen molar-refractivity contribution in [2.75, 3.05) is 12.3 Å². The number of aromatic nitrogens is 1. The number of aryl methyl sites for hydroxylation is 1. The maximum Gasteiger partial charge on any atom is 0.156 e. The van der Waals surface area contributed by atoms with E-state index in [2.05, 4.69) is 10.5 Å². The van der Waals surface area contributed by atoms with E-state index in [1.165, 1.54) is 37.9 Å². The molecule has 1 spiro atoms. The number of nitrogens with one attached hydrogen (secondary N) is 1. The normalized spacial score (nSPS) is 22.3. The van der Waals surface area contributed by atoms with Crippen LogP contribution in [0.5, 0.6) is 0 Å². The third-order valence-corrected chi connectivity index (χ3v) is 5.39. The summed E-state index contributed by atoms with van der Waals surface area (Å²) in [6.45, 7) is 3.62. The van der Waals surface area contributed by atoms with Gasteiger partial charge in [-0.3, -0.25) is 4.99 Å². The van der Waals surface area contributed by atoms with E-state index in [9.17, 15) is 0 Å². The summed E-state index contributed by atoms with van der Waals surface area (Å²) >= 11 is 1.88. The second kappa shape index (κ2) is 5.57. The summed E-state index contributed by atoms with van der Waals surface area (Å²) in [5.74, 6) is 2.08. The lowest BCUT2D eigenvalue weighted by atomic mass is 9.75. The number of hydrogen-bond acceptors (Lipinski definition) is 5. The number of amidine groups is 1. The number of nitrogens with zero attached hydrogens (tertiary/aromatic N) is 2. The van der Waals surface area contributed by atoms with Gasteiger partial charge in [0.15, 0.2) is 5.17 Å². The molecule has 0 atom stereocenters. The summed E-state index contributed by atoms with van der Waals surface area (Å²) in [5.41, 5.74) is 1.44. The van der Waals surface area contributed by atoms with E-state index in [4.69, 9.17) is 9.52 Å². The molecule has 4 nitrogen and oxygen atoms in total. The van der Waals surface area contributed by atoms with Crippen LogP contribution in [0.25, 0.3) is 0 Å². The summed E-state index contributed by atoms with van der Waals surface area (Å²) in [6, 6.07) is 1.96. The van der Waals surface area contributed by atoms with Crippen molar-refractivity contribution >= 4 is 16.9 Å². The Labute approximate surface area is 118 Å². The molecule has 1 fully saturated rings. The van der Waals surface area contributed by atoms with Gasteiger partial charge in [0.2, 0.25) is 0 Å². The van der Waals surface area contributed by atoms with Gasteiger partial charge >= 0.3 is 0 Å². The Kier molecular flexibility index (Phi) is 3.82. The number of aliphatic imine (C=N–C) groups is 1. The lowest BCUT2D eigenvalue weighted by Crippen LogP contribution is -2.36. The summed E-state index contributed by atoms with van der Waals surface area (Å²) in [7, 11) is 0. The predicted octanol–water partition coefficient (Wildman–Crippen LogP) is 3.13. The largest absolute Gasteiger partial charge is 0.361 e. The SMILES string of the molecule is Cc1cc(CNC2=NCC3(CCCCC3)CS2)no1. The molecule has 1 N–H and O–H groups in total. The fraction of sp³-hybridized carbons (Fsp3) is 0.714. The van der Waals surface area contributed by atoms with Crippen LogP contribution in [0.2, 0.25) is 0 Å². The van der Waals surface area contributed by atoms with E-state index < -0.39 is 0 Å². The van der Waals surface area contributed by atoms with Crippen LogP contribution in [-0.2, 0) is 6.54 Å². The first-order chi connectivity index (χ1) is 9.26. The van der Waals surface area contributed by atoms with E-state index in [0.717, 1.165) is 23.2 Å². The summed E-state index contributed by atoms with van der Waals surface area (Å²) in [5, 5.41) is 8.41. The lowest BCUT2D eigenvalue weighted by molar-refractivity contribution is 0.232. The van der Waals surface area contributed by atoms with Crippen LogP contribution in [0.15, 0.2) is 15.6 Å². The zero-order chi connectivity index (χ0) is 13.1. The molecule has 0 aromatic carbocycles. The maximum atomic E-state index is 5.06. The van der Waals surface area contributed by atoms with Gasteiger partial charge in [0.05, 0.1) is 6.54 Å². The first-order valence-electron chi connectivity index (χ1n) is 7.09. The average molecular weight is 279 g/mol. The molecule has 5 heteroatoms. The van der Waals surface area contributed by atoms with Crippen LogP contribution in [0.3, 0.4) is 0 Å². The van der Waals surface area contributed by atoms with Crippen molar-refractivity contribution < 1.29 is 4.52 Å². The molecule has 1 aliphatic carbocycles. The highest BCUT2D eigenvalue weighted by Gasteiger charge is 2.34. The van der Waals surface area contributed by atoms with Gasteiger partial charge < -0.3 is 9.84 Å². The third kappa shape index (κ3) is 3.14. The highest BCUT2D eigenvalue weighted by Crippen LogP contribution is 2.41. The molecule has 3 rings (SSSR count). The predicted molar refractivity (Wildman–Crippen MR) is 78.4 cm³/mol. The van der Waals surface area contributed by atoms with E-state index in [0.29, 0.717) is 12.0 Å². The molecule has 2 aliphatic rings. The molecule has 0 radical (unpaired) electrons. The summed E-state index contributed by atoms with van der Waals surface area (Å²) in [4.78, 5) is 4.74. The second-order valence-electron chi connectivity index (χ2n) is 5.75. The molecular formula is C14H21N3OS. The second-order valence-corrected chi connectivity index (χ2v) is 6.72. The summed E-state index contributed by atoms with van der Waals surface area (Å²) < 4.78 is 5.06. The van der Waals surface area contributed by atoms with Crippen LogP contribution in [0.4, 0.5) is 0 Å². The van der Waals surface area contributed by atoms with Crippen molar-refractivity contribution in [3.63, 3.8) is 0 Å². The van der Waals surface area contributed by atoms with Crippen LogP contribution in [-0.4, -0.2) is 22.6 Å². The quantitative estimate of drug-likeness (QED) is 0.903. The molecule has 19 heavy (non-hydrogen) atoms. The maximum absolute atomic E-state index is 5.06. The topological polar surface area (TPSA) is 50.4 Å². The molecule has 0 amide bonds. The van der Waals surface area contributed by atoms with Crippen LogP contribution < -0.4 is 5.32 Å². The highest BCUT2D eigenvalue weighted by atomic mass is 32.2. The van der Waals surface area contributed by atoms with Gasteiger partial charge in [-0.15, -0.1) is 0 Å². The van der Waals surface area contributed by atoms with Gasteiger partial charge in [-0.2, -0.15) is 0 Å². The molecule has 0 saturated heterocycles. The van der Waals surface area contributed by atoms with Gasteiger partial charge in [-0.05, 0) is 25.2 Å². The van der Waals surface area contributed by atoms with Crippen molar-refractivity contribution in [2.24, 2.45) is 10.4 Å². The van der Waals surface area contributed by atoms with E-state index in [1.807, 2.05) is 24.8 Å². The molecule has 1 aromatic heterocycles. The lowest BCUT2D eigenvalue weighted by Gasteiger charge is -2.38. The Bertz CT molecular complexity index is 463. The monoisotopic (exact) mass is 279 g/mol. The smallest absolute Gasteiger partial charge is 0.156 e. The minimum Gasteiger partial charge on any atom is -0.361 e. The standard InChI is InChI=1S/C14H21N3OS/c1-11-7-12(17-18-11)8-15-13-16-9-14(10-19-13)5-3-2-4-6-14/h7H,2-6,8-10H2,1H3,(H,15,16). The van der Waals surface area contributed by atoms with Crippen molar-refractivity contribution in [1.29, 1.82) is 0 Å². The molecule has 104 valence electrons. The van der Waals surface area contributed by atoms with Crippen molar-refractivity contribution in [3.8, 4) is 0 Å². The van der Waals surface area contributed by atoms with Crippen LogP contribution in [0.1, 0.15) is 43.6 Å². The van der Waals surface area contributed by atoms with Crippen molar-refractivity contribution in [3.05, 3.63) is 17.5 Å². The third-order valence-electron chi connectivity index (χ3n) is 4.08. The molecule has 1 aliphatic heterocycles. The van der Waals surface area contributed by atoms with Gasteiger partial charge in [0.25, 0.3) is 0 Å². The number of hydrogen-bond donors (Lipinski definition) is 1. The molecule has 0 bridgehead atoms. The van der Waals surface area contributed by atoms with Gasteiger partial charge in [0.1, 0.15) is 11.5 Å². The van der Waals surface area contributed by atoms with Crippen molar-refractivity contribution in [2.45, 2.75) is 45.6 Å². The van der Waals surface area contributed by atoms with E-state index >= 15 is 0 Å². The average Bonchev–Trinajstić information content (AvgIpc) is 2.85. The minimum absolute atomic E-state index is 0.499. The zero-order valence-electron chi connectivity index (χ0n) is 11.4. The first-order valence-corrected chi connectivity index (χ1v) is 8.08. The van der Waals surface area contributed by atoms with E-state index in [1.54, 1.807) is 0 Å². The fourth-order valence-electron chi connectivity index (χ4n) is 2.93. The molecule has 2 heterocycles. The Morgan fingerprint density at radius 3 is 2.84 bits per heavy atom. The van der Waals surface area contributed by atoms with Gasteiger partial charge in [-0.1, -0.05) is 36.2 Å². The number of rotatable bonds is 2. The molecule has 0 unspecified atom stereocenters. The molecule has 1 aromatic rings. The zero-order valence-corrected chi connectivity index (χ0v) is 12.3. The molecular weight excluding hydrogens is 258 g/mol. The summed E-state index contributed by atoms with van der Waals surface area (Å²) in [6.07, 6.45) is 6.90. The van der Waals surface area contributed by atoms with Crippen LogP contribution in [0, 0.1) is 12.3 Å².